The molecule has 0 spiro atoms. The monoisotopic (exact) mass is 192 g/mol. The van der Waals surface area contributed by atoms with Crippen LogP contribution < -0.4 is 5.73 Å². The van der Waals surface area contributed by atoms with E-state index in [4.69, 9.17) is 17.3 Å². The van der Waals surface area contributed by atoms with Gasteiger partial charge in [0.1, 0.15) is 0 Å². The lowest BCUT2D eigenvalue weighted by atomic mass is 10.3. The Morgan fingerprint density at radius 2 is 2.27 bits per heavy atom. The highest BCUT2D eigenvalue weighted by Crippen LogP contribution is 2.11. The fraction of sp³-hybridized carbons (Fsp3) is 0. The number of nitrogens with two attached hydrogens (primary N) is 1. The normalized spacial score (nSPS) is 8.45. The number of carbonyl (C=O) groups is 1. The van der Waals surface area contributed by atoms with Crippen LogP contribution in [0.5, 0.6) is 0 Å². The van der Waals surface area contributed by atoms with Crippen LogP contribution in [0.2, 0.25) is 5.02 Å². The topological polar surface area (TPSA) is 56.0 Å². The molecule has 0 aromatic carbocycles. The molecule has 5 heteroatoms. The SMILES string of the molecule is Cl.NC(=O)c1cnccc1Cl. The zero-order valence-electron chi connectivity index (χ0n) is 5.45. The number of hydrogen-bond acceptors (Lipinski definition) is 2. The molecule has 1 amide bonds. The lowest BCUT2D eigenvalue weighted by Crippen LogP contribution is -2.11. The highest BCUT2D eigenvalue weighted by atomic mass is 35.5. The summed E-state index contributed by atoms with van der Waals surface area (Å²) in [5.41, 5.74) is 5.21. The molecule has 1 aromatic heterocycles. The summed E-state index contributed by atoms with van der Waals surface area (Å²) in [5, 5.41) is 0.336. The number of carbonyl (C=O) groups excluding carboxylic acids is 1. The summed E-state index contributed by atoms with van der Waals surface area (Å²) >= 11 is 5.58. The van der Waals surface area contributed by atoms with Crippen molar-refractivity contribution in [3.8, 4) is 0 Å². The molecule has 0 fully saturated rings. The summed E-state index contributed by atoms with van der Waals surface area (Å²) < 4.78 is 0. The molecule has 1 aromatic rings. The average molecular weight is 193 g/mol. The molecule has 1 heterocycles. The summed E-state index contributed by atoms with van der Waals surface area (Å²) in [6.07, 6.45) is 2.83. The van der Waals surface area contributed by atoms with Crippen molar-refractivity contribution >= 4 is 29.9 Å². The molecule has 0 radical (unpaired) electrons. The molecule has 0 bridgehead atoms. The molecule has 11 heavy (non-hydrogen) atoms. The van der Waals surface area contributed by atoms with Crippen molar-refractivity contribution in [2.75, 3.05) is 0 Å². The Morgan fingerprint density at radius 1 is 1.64 bits per heavy atom. The number of amides is 1. The standard InChI is InChI=1S/C6H5ClN2O.ClH/c7-5-1-2-9-3-4(5)6(8)10;/h1-3H,(H2,8,10);1H. The van der Waals surface area contributed by atoms with Gasteiger partial charge < -0.3 is 5.73 Å². The molecule has 0 aliphatic rings. The smallest absolute Gasteiger partial charge is 0.251 e. The molecular weight excluding hydrogens is 187 g/mol. The maximum absolute atomic E-state index is 10.5. The van der Waals surface area contributed by atoms with Gasteiger partial charge in [0, 0.05) is 12.4 Å². The number of pyridine rings is 1. The van der Waals surface area contributed by atoms with Crippen molar-refractivity contribution in [3.05, 3.63) is 29.0 Å². The quantitative estimate of drug-likeness (QED) is 0.729. The summed E-state index contributed by atoms with van der Waals surface area (Å²) in [6, 6.07) is 1.52. The van der Waals surface area contributed by atoms with E-state index in [0.717, 1.165) is 0 Å². The second-order valence-electron chi connectivity index (χ2n) is 1.72. The molecule has 3 nitrogen and oxygen atoms in total. The van der Waals surface area contributed by atoms with E-state index in [-0.39, 0.29) is 18.0 Å². The first kappa shape index (κ1) is 10.2. The van der Waals surface area contributed by atoms with E-state index < -0.39 is 5.91 Å². The molecule has 0 aliphatic heterocycles. The third-order valence-corrected chi connectivity index (χ3v) is 1.36. The van der Waals surface area contributed by atoms with Crippen LogP contribution in [0.1, 0.15) is 10.4 Å². The minimum absolute atomic E-state index is 0. The third-order valence-electron chi connectivity index (χ3n) is 1.03. The van der Waals surface area contributed by atoms with Gasteiger partial charge in [0.05, 0.1) is 10.6 Å². The van der Waals surface area contributed by atoms with Crippen molar-refractivity contribution in [2.24, 2.45) is 5.73 Å². The fourth-order valence-electron chi connectivity index (χ4n) is 0.559. The van der Waals surface area contributed by atoms with E-state index in [1.807, 2.05) is 0 Å². The van der Waals surface area contributed by atoms with Crippen LogP contribution in [-0.4, -0.2) is 10.9 Å². The Hall–Kier alpha value is -0.800. The van der Waals surface area contributed by atoms with Crippen LogP contribution in [0.3, 0.4) is 0 Å². The van der Waals surface area contributed by atoms with Gasteiger partial charge in [-0.15, -0.1) is 12.4 Å². The molecule has 0 saturated heterocycles. The maximum atomic E-state index is 10.5. The van der Waals surface area contributed by atoms with Crippen LogP contribution in [-0.2, 0) is 0 Å². The van der Waals surface area contributed by atoms with E-state index in [1.165, 1.54) is 18.5 Å². The first-order valence-electron chi connectivity index (χ1n) is 2.61. The zero-order chi connectivity index (χ0) is 7.56. The fourth-order valence-corrected chi connectivity index (χ4v) is 0.757. The molecule has 2 N–H and O–H groups in total. The molecule has 0 atom stereocenters. The number of nitrogens with zero attached hydrogens (tertiary/aromatic N) is 1. The summed E-state index contributed by atoms with van der Waals surface area (Å²) in [7, 11) is 0. The van der Waals surface area contributed by atoms with Crippen molar-refractivity contribution < 1.29 is 4.79 Å². The Balaban J connectivity index is 0.000001000. The lowest BCUT2D eigenvalue weighted by molar-refractivity contribution is 0.1000. The number of hydrogen-bond donors (Lipinski definition) is 1. The predicted molar refractivity (Wildman–Crippen MR) is 45.0 cm³/mol. The van der Waals surface area contributed by atoms with Crippen LogP contribution in [0.15, 0.2) is 18.5 Å². The molecule has 0 unspecified atom stereocenters. The van der Waals surface area contributed by atoms with Crippen molar-refractivity contribution in [1.29, 1.82) is 0 Å². The maximum Gasteiger partial charge on any atom is 0.251 e. The summed E-state index contributed by atoms with van der Waals surface area (Å²) in [6.45, 7) is 0. The van der Waals surface area contributed by atoms with Gasteiger partial charge in [0.15, 0.2) is 0 Å². The zero-order valence-corrected chi connectivity index (χ0v) is 7.02. The highest BCUT2D eigenvalue weighted by molar-refractivity contribution is 6.33. The minimum Gasteiger partial charge on any atom is -0.366 e. The molecule has 60 valence electrons. The summed E-state index contributed by atoms with van der Waals surface area (Å²) in [5.74, 6) is -0.557. The van der Waals surface area contributed by atoms with Gasteiger partial charge >= 0.3 is 0 Å². The molecule has 0 aliphatic carbocycles. The number of rotatable bonds is 1. The molecular formula is C6H6Cl2N2O. The Bertz CT molecular complexity index is 265. The molecule has 0 saturated carbocycles. The Morgan fingerprint density at radius 3 is 2.64 bits per heavy atom. The van der Waals surface area contributed by atoms with Gasteiger partial charge in [-0.25, -0.2) is 0 Å². The predicted octanol–water partition coefficient (Wildman–Crippen LogP) is 1.26. The minimum atomic E-state index is -0.557. The van der Waals surface area contributed by atoms with Gasteiger partial charge in [-0.2, -0.15) is 0 Å². The number of primary amides is 1. The van der Waals surface area contributed by atoms with Crippen LogP contribution in [0, 0.1) is 0 Å². The first-order chi connectivity index (χ1) is 4.72. The van der Waals surface area contributed by atoms with Gasteiger partial charge in [0.2, 0.25) is 0 Å². The number of halogens is 2. The summed E-state index contributed by atoms with van der Waals surface area (Å²) in [4.78, 5) is 14.2. The Labute approximate surface area is 75.0 Å². The van der Waals surface area contributed by atoms with Crippen molar-refractivity contribution in [3.63, 3.8) is 0 Å². The average Bonchev–Trinajstić information content (AvgIpc) is 1.88. The van der Waals surface area contributed by atoms with Gasteiger partial charge in [-0.3, -0.25) is 9.78 Å². The third kappa shape index (κ3) is 2.37. The number of aromatic nitrogens is 1. The van der Waals surface area contributed by atoms with E-state index >= 15 is 0 Å². The van der Waals surface area contributed by atoms with Gasteiger partial charge in [0.25, 0.3) is 5.91 Å². The van der Waals surface area contributed by atoms with E-state index in [9.17, 15) is 4.79 Å². The Kier molecular flexibility index (Phi) is 3.85. The second kappa shape index (κ2) is 4.16. The first-order valence-corrected chi connectivity index (χ1v) is 2.99. The van der Waals surface area contributed by atoms with Crippen molar-refractivity contribution in [1.82, 2.24) is 4.98 Å². The molecule has 1 rings (SSSR count). The van der Waals surface area contributed by atoms with E-state index in [2.05, 4.69) is 4.98 Å². The lowest BCUT2D eigenvalue weighted by Gasteiger charge is -1.94. The van der Waals surface area contributed by atoms with Crippen LogP contribution in [0.25, 0.3) is 0 Å². The second-order valence-corrected chi connectivity index (χ2v) is 2.13. The van der Waals surface area contributed by atoms with Crippen LogP contribution in [0.4, 0.5) is 0 Å². The van der Waals surface area contributed by atoms with Gasteiger partial charge in [-0.05, 0) is 6.07 Å². The van der Waals surface area contributed by atoms with E-state index in [1.54, 1.807) is 0 Å². The highest BCUT2D eigenvalue weighted by Gasteiger charge is 2.03. The van der Waals surface area contributed by atoms with Crippen LogP contribution >= 0.6 is 24.0 Å². The van der Waals surface area contributed by atoms with Gasteiger partial charge in [-0.1, -0.05) is 11.6 Å². The van der Waals surface area contributed by atoms with Crippen molar-refractivity contribution in [2.45, 2.75) is 0 Å². The van der Waals surface area contributed by atoms with E-state index in [0.29, 0.717) is 5.02 Å². The largest absolute Gasteiger partial charge is 0.366 e.